The fourth-order valence-electron chi connectivity index (χ4n) is 3.79. The van der Waals surface area contributed by atoms with Gasteiger partial charge in [-0.1, -0.05) is 57.5 Å². The van der Waals surface area contributed by atoms with E-state index < -0.39 is 47.7 Å². The molecular weight excluding hydrogens is 462 g/mol. The zero-order valence-electron chi connectivity index (χ0n) is 22.3. The molecule has 0 aliphatic rings. The quantitative estimate of drug-likeness (QED) is 0.188. The molecule has 0 aliphatic carbocycles. The van der Waals surface area contributed by atoms with Gasteiger partial charge in [0.05, 0.1) is 12.1 Å². The molecule has 7 N–H and O–H groups in total. The largest absolute Gasteiger partial charge is 0.444 e. The average Bonchev–Trinajstić information content (AvgIpc) is 2.75. The Hall–Kier alpha value is -3.14. The second-order valence-corrected chi connectivity index (χ2v) is 10.4. The number of hydrogen-bond acceptors (Lipinski definition) is 6. The zero-order valence-corrected chi connectivity index (χ0v) is 22.3. The first-order chi connectivity index (χ1) is 16.7. The minimum absolute atomic E-state index is 0.0755. The number of aliphatic hydroxyl groups is 1. The predicted octanol–water partition coefficient (Wildman–Crippen LogP) is 2.44. The number of amides is 3. The van der Waals surface area contributed by atoms with E-state index in [9.17, 15) is 19.5 Å². The van der Waals surface area contributed by atoms with E-state index in [0.29, 0.717) is 19.3 Å². The number of rotatable bonds is 12. The maximum absolute atomic E-state index is 13.2. The number of nitrogens with one attached hydrogen (secondary N) is 4. The molecule has 3 amide bonds. The lowest BCUT2D eigenvalue weighted by atomic mass is 9.89. The van der Waals surface area contributed by atoms with Crippen molar-refractivity contribution in [3.8, 4) is 0 Å². The zero-order chi connectivity index (χ0) is 27.5. The van der Waals surface area contributed by atoms with Gasteiger partial charge in [0.2, 0.25) is 11.8 Å². The molecule has 1 aromatic rings. The van der Waals surface area contributed by atoms with Crippen LogP contribution in [0.2, 0.25) is 0 Å². The van der Waals surface area contributed by atoms with Crippen molar-refractivity contribution in [1.29, 1.82) is 5.41 Å². The highest BCUT2D eigenvalue weighted by molar-refractivity contribution is 5.99. The molecule has 1 rings (SSSR count). The van der Waals surface area contributed by atoms with Gasteiger partial charge in [-0.05, 0) is 51.5 Å². The summed E-state index contributed by atoms with van der Waals surface area (Å²) in [5.74, 6) is -2.31. The van der Waals surface area contributed by atoms with E-state index in [4.69, 9.17) is 15.9 Å². The monoisotopic (exact) mass is 505 g/mol. The van der Waals surface area contributed by atoms with Crippen LogP contribution in [0.1, 0.15) is 66.4 Å². The first-order valence-corrected chi connectivity index (χ1v) is 12.4. The van der Waals surface area contributed by atoms with Gasteiger partial charge in [-0.25, -0.2) is 4.79 Å². The minimum Gasteiger partial charge on any atom is -0.444 e. The Morgan fingerprint density at radius 3 is 2.19 bits per heavy atom. The van der Waals surface area contributed by atoms with Gasteiger partial charge < -0.3 is 26.2 Å². The Morgan fingerprint density at radius 1 is 1.08 bits per heavy atom. The van der Waals surface area contributed by atoms with Crippen LogP contribution in [0.4, 0.5) is 4.79 Å². The van der Waals surface area contributed by atoms with E-state index in [1.54, 1.807) is 34.6 Å². The summed E-state index contributed by atoms with van der Waals surface area (Å²) in [7, 11) is 0. The lowest BCUT2D eigenvalue weighted by Gasteiger charge is -2.30. The molecule has 10 nitrogen and oxygen atoms in total. The summed E-state index contributed by atoms with van der Waals surface area (Å²) in [6.45, 7) is 10.7. The van der Waals surface area contributed by atoms with Crippen molar-refractivity contribution < 1.29 is 24.2 Å². The van der Waals surface area contributed by atoms with E-state index in [1.807, 2.05) is 37.3 Å². The first kappa shape index (κ1) is 30.9. The van der Waals surface area contributed by atoms with Crippen LogP contribution in [0.25, 0.3) is 0 Å². The molecule has 10 heteroatoms. The Balaban J connectivity index is 3.05. The molecule has 0 saturated heterocycles. The smallest absolute Gasteiger partial charge is 0.407 e. The molecular formula is C26H43N5O5. The van der Waals surface area contributed by atoms with Crippen LogP contribution in [0, 0.1) is 17.2 Å². The van der Waals surface area contributed by atoms with Crippen molar-refractivity contribution in [2.45, 2.75) is 91.0 Å². The molecule has 202 valence electrons. The minimum atomic E-state index is -1.05. The van der Waals surface area contributed by atoms with Gasteiger partial charge in [0.15, 0.2) is 5.96 Å². The SMILES string of the molecule is CCCC(CC(O)C(Cc1ccccc1)NC(=O)OC(C)(C)C)C(=O)N[C@@H](C(=O)NC(=N)N)C(C)C. The van der Waals surface area contributed by atoms with Crippen LogP contribution in [0.15, 0.2) is 30.3 Å². The number of alkyl carbamates (subject to hydrolysis) is 1. The number of nitrogens with two attached hydrogens (primary N) is 1. The van der Waals surface area contributed by atoms with Gasteiger partial charge in [0.1, 0.15) is 11.6 Å². The molecule has 0 spiro atoms. The van der Waals surface area contributed by atoms with E-state index in [-0.39, 0.29) is 18.2 Å². The second kappa shape index (κ2) is 14.4. The number of carbonyl (C=O) groups is 3. The summed E-state index contributed by atoms with van der Waals surface area (Å²) in [6, 6.07) is 7.83. The van der Waals surface area contributed by atoms with E-state index in [0.717, 1.165) is 5.56 Å². The fraction of sp³-hybridized carbons (Fsp3) is 0.615. The standard InChI is InChI=1S/C26H43N5O5/c1-7-11-18(22(33)30-21(16(2)3)23(34)31-24(27)28)15-20(32)19(14-17-12-9-8-10-13-17)29-25(35)36-26(4,5)6/h8-10,12-13,16,18-21,32H,7,11,14-15H2,1-6H3,(H,29,35)(H,30,33)(H4,27,28,31,34)/t18?,19?,20?,21-/m1/s1. The lowest BCUT2D eigenvalue weighted by Crippen LogP contribution is -2.54. The van der Waals surface area contributed by atoms with Gasteiger partial charge in [0.25, 0.3) is 0 Å². The average molecular weight is 506 g/mol. The number of hydrogen-bond donors (Lipinski definition) is 6. The van der Waals surface area contributed by atoms with Crippen molar-refractivity contribution in [1.82, 2.24) is 16.0 Å². The number of aliphatic hydroxyl groups excluding tert-OH is 1. The molecule has 3 unspecified atom stereocenters. The van der Waals surface area contributed by atoms with Crippen molar-refractivity contribution in [2.75, 3.05) is 0 Å². The van der Waals surface area contributed by atoms with Crippen molar-refractivity contribution >= 4 is 23.9 Å². The molecule has 0 aromatic heterocycles. The van der Waals surface area contributed by atoms with Gasteiger partial charge in [0, 0.05) is 5.92 Å². The summed E-state index contributed by atoms with van der Waals surface area (Å²) in [5, 5.41) is 26.2. The molecule has 0 fully saturated rings. The summed E-state index contributed by atoms with van der Waals surface area (Å²) < 4.78 is 5.38. The third-order valence-electron chi connectivity index (χ3n) is 5.50. The normalized spacial score (nSPS) is 14.8. The first-order valence-electron chi connectivity index (χ1n) is 12.4. The number of ether oxygens (including phenoxy) is 1. The molecule has 36 heavy (non-hydrogen) atoms. The summed E-state index contributed by atoms with van der Waals surface area (Å²) in [6.07, 6.45) is -0.126. The Morgan fingerprint density at radius 2 is 1.69 bits per heavy atom. The molecule has 0 radical (unpaired) electrons. The van der Waals surface area contributed by atoms with E-state index in [2.05, 4.69) is 16.0 Å². The Kier molecular flexibility index (Phi) is 12.4. The van der Waals surface area contributed by atoms with Crippen LogP contribution in [-0.4, -0.2) is 52.8 Å². The Labute approximate surface area is 214 Å². The van der Waals surface area contributed by atoms with Crippen LogP contribution < -0.4 is 21.7 Å². The van der Waals surface area contributed by atoms with Crippen molar-refractivity contribution in [2.24, 2.45) is 17.6 Å². The van der Waals surface area contributed by atoms with Crippen molar-refractivity contribution in [3.63, 3.8) is 0 Å². The lowest BCUT2D eigenvalue weighted by molar-refractivity contribution is -0.132. The van der Waals surface area contributed by atoms with Gasteiger partial charge in [-0.3, -0.25) is 20.3 Å². The number of guanidine groups is 1. The van der Waals surface area contributed by atoms with Gasteiger partial charge in [-0.15, -0.1) is 0 Å². The van der Waals surface area contributed by atoms with Crippen LogP contribution in [0.3, 0.4) is 0 Å². The maximum atomic E-state index is 13.2. The molecule has 4 atom stereocenters. The molecule has 1 aromatic carbocycles. The molecule has 0 aliphatic heterocycles. The van der Waals surface area contributed by atoms with E-state index >= 15 is 0 Å². The third-order valence-corrected chi connectivity index (χ3v) is 5.50. The molecule has 0 bridgehead atoms. The maximum Gasteiger partial charge on any atom is 0.407 e. The highest BCUT2D eigenvalue weighted by Gasteiger charge is 2.32. The molecule has 0 saturated carbocycles. The summed E-state index contributed by atoms with van der Waals surface area (Å²) >= 11 is 0. The third kappa shape index (κ3) is 11.5. The highest BCUT2D eigenvalue weighted by atomic mass is 16.6. The van der Waals surface area contributed by atoms with Crippen LogP contribution >= 0.6 is 0 Å². The van der Waals surface area contributed by atoms with Gasteiger partial charge >= 0.3 is 6.09 Å². The number of carbonyl (C=O) groups excluding carboxylic acids is 3. The van der Waals surface area contributed by atoms with E-state index in [1.165, 1.54) is 0 Å². The van der Waals surface area contributed by atoms with Crippen molar-refractivity contribution in [3.05, 3.63) is 35.9 Å². The second-order valence-electron chi connectivity index (χ2n) is 10.4. The topological polar surface area (TPSA) is 167 Å². The highest BCUT2D eigenvalue weighted by Crippen LogP contribution is 2.20. The van der Waals surface area contributed by atoms with Gasteiger partial charge in [-0.2, -0.15) is 0 Å². The summed E-state index contributed by atoms with van der Waals surface area (Å²) in [5.41, 5.74) is 5.48. The van der Waals surface area contributed by atoms with Crippen LogP contribution in [0.5, 0.6) is 0 Å². The number of benzene rings is 1. The predicted molar refractivity (Wildman–Crippen MR) is 139 cm³/mol. The Bertz CT molecular complexity index is 869. The molecule has 0 heterocycles. The summed E-state index contributed by atoms with van der Waals surface area (Å²) in [4.78, 5) is 38.1. The fourth-order valence-corrected chi connectivity index (χ4v) is 3.79. The van der Waals surface area contributed by atoms with Crippen LogP contribution in [-0.2, 0) is 20.7 Å².